The van der Waals surface area contributed by atoms with Crippen LogP contribution in [0.2, 0.25) is 0 Å². The van der Waals surface area contributed by atoms with Crippen molar-refractivity contribution in [1.29, 1.82) is 0 Å². The molecular formula is C16H16N2O4S. The number of nitrogens with one attached hydrogen (secondary N) is 1. The molecule has 0 saturated heterocycles. The number of carbonyl (C=O) groups excluding carboxylic acids is 1. The number of hydrogen-bond acceptors (Lipinski definition) is 5. The van der Waals surface area contributed by atoms with Gasteiger partial charge in [-0.2, -0.15) is 0 Å². The topological polar surface area (TPSA) is 98.5 Å². The summed E-state index contributed by atoms with van der Waals surface area (Å²) in [4.78, 5) is 11.8. The summed E-state index contributed by atoms with van der Waals surface area (Å²) in [6.07, 6.45) is 0.226. The molecule has 7 heteroatoms. The maximum Gasteiger partial charge on any atom is 0.340 e. The van der Waals surface area contributed by atoms with E-state index in [0.29, 0.717) is 18.5 Å². The lowest BCUT2D eigenvalue weighted by Gasteiger charge is -2.13. The number of hydrogen-bond donors (Lipinski definition) is 2. The van der Waals surface area contributed by atoms with Crippen molar-refractivity contribution in [2.24, 2.45) is 5.14 Å². The number of nitrogens with two attached hydrogens (primary N) is 1. The van der Waals surface area contributed by atoms with Crippen molar-refractivity contribution >= 4 is 16.0 Å². The van der Waals surface area contributed by atoms with E-state index < -0.39 is 16.3 Å². The molecule has 120 valence electrons. The van der Waals surface area contributed by atoms with Crippen molar-refractivity contribution in [1.82, 2.24) is 5.32 Å². The van der Waals surface area contributed by atoms with E-state index in [1.54, 1.807) is 24.3 Å². The monoisotopic (exact) mass is 332 g/mol. The first-order valence-corrected chi connectivity index (χ1v) is 8.65. The Hall–Kier alpha value is -2.22. The van der Waals surface area contributed by atoms with Crippen LogP contribution in [0.3, 0.4) is 0 Å². The number of cyclic esters (lactones) is 1. The molecule has 1 heterocycles. The molecule has 1 aliphatic rings. The van der Waals surface area contributed by atoms with Gasteiger partial charge in [-0.05, 0) is 30.2 Å². The van der Waals surface area contributed by atoms with Gasteiger partial charge in [0.2, 0.25) is 10.0 Å². The van der Waals surface area contributed by atoms with Gasteiger partial charge in [-0.3, -0.25) is 5.32 Å². The predicted octanol–water partition coefficient (Wildman–Crippen LogP) is 1.34. The highest BCUT2D eigenvalue weighted by molar-refractivity contribution is 7.89. The van der Waals surface area contributed by atoms with Crippen molar-refractivity contribution in [3.8, 4) is 0 Å². The summed E-state index contributed by atoms with van der Waals surface area (Å²) in [5, 5.41) is 8.23. The molecule has 2 aromatic carbocycles. The lowest BCUT2D eigenvalue weighted by molar-refractivity contribution is 0.0310. The van der Waals surface area contributed by atoms with E-state index in [2.05, 4.69) is 5.32 Å². The fraction of sp³-hybridized carbons (Fsp3) is 0.188. The van der Waals surface area contributed by atoms with Gasteiger partial charge in [0.15, 0.2) is 6.23 Å². The van der Waals surface area contributed by atoms with Crippen LogP contribution in [0.15, 0.2) is 53.4 Å². The molecule has 0 aromatic heterocycles. The second kappa shape index (κ2) is 6.11. The van der Waals surface area contributed by atoms with Crippen molar-refractivity contribution in [2.75, 3.05) is 6.54 Å². The standard InChI is InChI=1S/C16H16N2O4S/c17-23(20,21)12-7-5-11(6-8-12)9-10-18-15-13-3-1-2-4-14(13)16(19)22-15/h1-8,15,18H,9-10H2,(H2,17,20,21). The van der Waals surface area contributed by atoms with Gasteiger partial charge in [0.25, 0.3) is 0 Å². The Morgan fingerprint density at radius 2 is 1.78 bits per heavy atom. The number of primary sulfonamides is 1. The fourth-order valence-corrected chi connectivity index (χ4v) is 3.01. The second-order valence-corrected chi connectivity index (χ2v) is 6.83. The number of carbonyl (C=O) groups is 1. The first kappa shape index (κ1) is 15.7. The summed E-state index contributed by atoms with van der Waals surface area (Å²) in [5.74, 6) is -0.324. The van der Waals surface area contributed by atoms with Crippen molar-refractivity contribution < 1.29 is 17.9 Å². The third-order valence-corrected chi connectivity index (χ3v) is 4.61. The fourth-order valence-electron chi connectivity index (χ4n) is 2.49. The number of ether oxygens (including phenoxy) is 1. The van der Waals surface area contributed by atoms with E-state index in [1.807, 2.05) is 12.1 Å². The van der Waals surface area contributed by atoms with Gasteiger partial charge in [-0.1, -0.05) is 30.3 Å². The molecule has 2 aromatic rings. The summed E-state index contributed by atoms with van der Waals surface area (Å²) in [6, 6.07) is 13.7. The summed E-state index contributed by atoms with van der Waals surface area (Å²) >= 11 is 0. The number of fused-ring (bicyclic) bond motifs is 1. The van der Waals surface area contributed by atoms with E-state index in [4.69, 9.17) is 9.88 Å². The molecule has 0 spiro atoms. The van der Waals surface area contributed by atoms with Crippen LogP contribution in [0.4, 0.5) is 0 Å². The van der Waals surface area contributed by atoms with Crippen LogP contribution in [0.1, 0.15) is 27.7 Å². The van der Waals surface area contributed by atoms with E-state index in [-0.39, 0.29) is 10.9 Å². The number of esters is 1. The highest BCUT2D eigenvalue weighted by atomic mass is 32.2. The van der Waals surface area contributed by atoms with Crippen molar-refractivity contribution in [2.45, 2.75) is 17.5 Å². The first-order valence-electron chi connectivity index (χ1n) is 7.10. The highest BCUT2D eigenvalue weighted by Crippen LogP contribution is 2.28. The van der Waals surface area contributed by atoms with Crippen molar-refractivity contribution in [3.05, 3.63) is 65.2 Å². The Balaban J connectivity index is 1.59. The average molecular weight is 332 g/mol. The minimum absolute atomic E-state index is 0.0906. The molecule has 0 fully saturated rings. The van der Waals surface area contributed by atoms with E-state index in [1.165, 1.54) is 12.1 Å². The second-order valence-electron chi connectivity index (χ2n) is 5.27. The van der Waals surface area contributed by atoms with Gasteiger partial charge < -0.3 is 4.74 Å². The van der Waals surface area contributed by atoms with Crippen LogP contribution in [0.25, 0.3) is 0 Å². The Labute approximate surface area is 134 Å². The quantitative estimate of drug-likeness (QED) is 0.805. The molecule has 3 N–H and O–H groups in total. The lowest BCUT2D eigenvalue weighted by atomic mass is 10.1. The lowest BCUT2D eigenvalue weighted by Crippen LogP contribution is -2.23. The maximum absolute atomic E-state index is 11.7. The molecule has 0 saturated carbocycles. The smallest absolute Gasteiger partial charge is 0.340 e. The van der Waals surface area contributed by atoms with Gasteiger partial charge >= 0.3 is 5.97 Å². The van der Waals surface area contributed by atoms with Crippen LogP contribution < -0.4 is 10.5 Å². The van der Waals surface area contributed by atoms with Gasteiger partial charge in [0.05, 0.1) is 10.5 Å². The minimum Gasteiger partial charge on any atom is -0.439 e. The third kappa shape index (κ3) is 3.42. The molecule has 0 bridgehead atoms. The predicted molar refractivity (Wildman–Crippen MR) is 84.1 cm³/mol. The molecule has 1 unspecified atom stereocenters. The van der Waals surface area contributed by atoms with Crippen molar-refractivity contribution in [3.63, 3.8) is 0 Å². The summed E-state index contributed by atoms with van der Waals surface area (Å²) in [6.45, 7) is 0.584. The molecule has 1 atom stereocenters. The molecule has 6 nitrogen and oxygen atoms in total. The largest absolute Gasteiger partial charge is 0.439 e. The zero-order valence-corrected chi connectivity index (χ0v) is 13.0. The van der Waals surface area contributed by atoms with Gasteiger partial charge in [0, 0.05) is 12.1 Å². The minimum atomic E-state index is -3.67. The van der Waals surface area contributed by atoms with E-state index in [0.717, 1.165) is 11.1 Å². The Morgan fingerprint density at radius 1 is 1.09 bits per heavy atom. The van der Waals surface area contributed by atoms with Crippen LogP contribution >= 0.6 is 0 Å². The number of rotatable bonds is 5. The number of sulfonamides is 1. The summed E-state index contributed by atoms with van der Waals surface area (Å²) in [7, 11) is -3.67. The van der Waals surface area contributed by atoms with Crippen LogP contribution in [-0.2, 0) is 21.2 Å². The van der Waals surface area contributed by atoms with Gasteiger partial charge in [-0.15, -0.1) is 0 Å². The third-order valence-electron chi connectivity index (χ3n) is 3.68. The van der Waals surface area contributed by atoms with E-state index >= 15 is 0 Å². The molecule has 0 radical (unpaired) electrons. The Bertz CT molecular complexity index is 831. The zero-order chi connectivity index (χ0) is 16.4. The van der Waals surface area contributed by atoms with Gasteiger partial charge in [-0.25, -0.2) is 18.4 Å². The first-order chi connectivity index (χ1) is 10.9. The normalized spacial score (nSPS) is 16.9. The van der Waals surface area contributed by atoms with Crippen LogP contribution in [0.5, 0.6) is 0 Å². The van der Waals surface area contributed by atoms with Crippen LogP contribution in [0, 0.1) is 0 Å². The molecule has 0 aliphatic carbocycles. The Kier molecular flexibility index (Phi) is 4.16. The highest BCUT2D eigenvalue weighted by Gasteiger charge is 2.29. The van der Waals surface area contributed by atoms with Gasteiger partial charge in [0.1, 0.15) is 0 Å². The number of benzene rings is 2. The van der Waals surface area contributed by atoms with Crippen LogP contribution in [-0.4, -0.2) is 20.9 Å². The Morgan fingerprint density at radius 3 is 2.48 bits per heavy atom. The molecule has 0 amide bonds. The SMILES string of the molecule is NS(=O)(=O)c1ccc(CCNC2OC(=O)c3ccccc32)cc1. The molecule has 23 heavy (non-hydrogen) atoms. The molecular weight excluding hydrogens is 316 g/mol. The maximum atomic E-state index is 11.7. The molecule has 1 aliphatic heterocycles. The summed E-state index contributed by atoms with van der Waals surface area (Å²) < 4.78 is 27.7. The van der Waals surface area contributed by atoms with E-state index in [9.17, 15) is 13.2 Å². The average Bonchev–Trinajstić information content (AvgIpc) is 2.84. The summed E-state index contributed by atoms with van der Waals surface area (Å²) in [5.41, 5.74) is 2.38. The molecule has 3 rings (SSSR count). The zero-order valence-electron chi connectivity index (χ0n) is 12.2.